The Labute approximate surface area is 126 Å². The molecule has 1 amide bonds. The average Bonchev–Trinajstić information content (AvgIpc) is 2.24. The lowest BCUT2D eigenvalue weighted by Gasteiger charge is -2.23. The molecule has 1 heterocycles. The van der Waals surface area contributed by atoms with Crippen LogP contribution in [-0.2, 0) is 4.79 Å². The van der Waals surface area contributed by atoms with Crippen LogP contribution in [0.2, 0.25) is 0 Å². The third-order valence-corrected chi connectivity index (χ3v) is 2.42. The highest BCUT2D eigenvalue weighted by molar-refractivity contribution is 5.84. The number of amides is 1. The quantitative estimate of drug-likeness (QED) is 0.871. The summed E-state index contributed by atoms with van der Waals surface area (Å²) in [5.74, 6) is 0.796. The highest BCUT2D eigenvalue weighted by Gasteiger charge is 2.20. The molecule has 118 valence electrons. The fourth-order valence-electron chi connectivity index (χ4n) is 1.64. The zero-order valence-electron chi connectivity index (χ0n) is 13.9. The van der Waals surface area contributed by atoms with E-state index >= 15 is 0 Å². The number of aryl methyl sites for hydroxylation is 1. The van der Waals surface area contributed by atoms with E-state index in [0.717, 1.165) is 5.69 Å². The highest BCUT2D eigenvalue weighted by Crippen LogP contribution is 2.14. The number of rotatable bonds is 5. The molecule has 21 heavy (non-hydrogen) atoms. The van der Waals surface area contributed by atoms with Gasteiger partial charge in [-0.05, 0) is 48.5 Å². The Bertz CT molecular complexity index is 495. The molecule has 6 nitrogen and oxygen atoms in total. The average molecular weight is 294 g/mol. The number of hydrogen-bond donors (Lipinski definition) is 2. The summed E-state index contributed by atoms with van der Waals surface area (Å²) < 4.78 is 5.57. The van der Waals surface area contributed by atoms with Crippen LogP contribution in [0.15, 0.2) is 6.07 Å². The summed E-state index contributed by atoms with van der Waals surface area (Å²) in [5.41, 5.74) is 0.512. The third-order valence-electron chi connectivity index (χ3n) is 2.42. The second-order valence-corrected chi connectivity index (χ2v) is 6.44. The lowest BCUT2D eigenvalue weighted by molar-refractivity contribution is -0.122. The molecule has 0 spiro atoms. The van der Waals surface area contributed by atoms with Crippen LogP contribution in [0.3, 0.4) is 0 Å². The van der Waals surface area contributed by atoms with Gasteiger partial charge in [0.05, 0.1) is 6.10 Å². The summed E-state index contributed by atoms with van der Waals surface area (Å²) in [6, 6.07) is 1.34. The van der Waals surface area contributed by atoms with E-state index in [4.69, 9.17) is 4.74 Å². The van der Waals surface area contributed by atoms with Gasteiger partial charge in [0.2, 0.25) is 17.7 Å². The molecule has 1 rings (SSSR count). The molecule has 0 aliphatic heterocycles. The third kappa shape index (κ3) is 6.42. The number of anilines is 1. The summed E-state index contributed by atoms with van der Waals surface area (Å²) in [4.78, 5) is 20.6. The normalized spacial score (nSPS) is 13.0. The minimum absolute atomic E-state index is 0.0359. The maximum atomic E-state index is 12.1. The van der Waals surface area contributed by atoms with Crippen molar-refractivity contribution < 1.29 is 9.53 Å². The van der Waals surface area contributed by atoms with Gasteiger partial charge in [-0.3, -0.25) is 4.79 Å². The van der Waals surface area contributed by atoms with E-state index in [-0.39, 0.29) is 17.6 Å². The van der Waals surface area contributed by atoms with Crippen molar-refractivity contribution in [1.82, 2.24) is 15.3 Å². The Balaban J connectivity index is 2.78. The molecule has 0 aliphatic carbocycles. The number of aromatic nitrogens is 2. The second-order valence-electron chi connectivity index (χ2n) is 6.44. The molecule has 1 unspecified atom stereocenters. The minimum Gasteiger partial charge on any atom is -0.475 e. The predicted molar refractivity (Wildman–Crippen MR) is 83.5 cm³/mol. The Morgan fingerprint density at radius 2 is 1.86 bits per heavy atom. The molecule has 6 heteroatoms. The van der Waals surface area contributed by atoms with Crippen LogP contribution in [0.4, 0.5) is 5.95 Å². The molecular formula is C15H26N4O2. The molecule has 1 aromatic heterocycles. The monoisotopic (exact) mass is 294 g/mol. The van der Waals surface area contributed by atoms with E-state index in [1.807, 2.05) is 41.5 Å². The maximum absolute atomic E-state index is 12.1. The molecule has 0 radical (unpaired) electrons. The standard InChI is InChI=1S/C15H26N4O2/c1-9(2)21-12-8-10(3)16-14(18-12)17-11(4)13(20)19-15(5,6)7/h8-9,11H,1-7H3,(H,19,20)(H,16,17,18). The van der Waals surface area contributed by atoms with E-state index in [9.17, 15) is 4.79 Å². The molecular weight excluding hydrogens is 268 g/mol. The van der Waals surface area contributed by atoms with E-state index in [1.165, 1.54) is 0 Å². The number of hydrogen-bond acceptors (Lipinski definition) is 5. The van der Waals surface area contributed by atoms with Crippen molar-refractivity contribution in [2.75, 3.05) is 5.32 Å². The molecule has 2 N–H and O–H groups in total. The number of nitrogens with one attached hydrogen (secondary N) is 2. The van der Waals surface area contributed by atoms with Gasteiger partial charge >= 0.3 is 0 Å². The van der Waals surface area contributed by atoms with E-state index in [1.54, 1.807) is 13.0 Å². The Kier molecular flexibility index (Phi) is 5.52. The summed E-state index contributed by atoms with van der Waals surface area (Å²) in [6.07, 6.45) is 0.0359. The van der Waals surface area contributed by atoms with Gasteiger partial charge in [0.25, 0.3) is 0 Å². The summed E-state index contributed by atoms with van der Waals surface area (Å²) in [5, 5.41) is 5.92. The maximum Gasteiger partial charge on any atom is 0.242 e. The summed E-state index contributed by atoms with van der Waals surface area (Å²) in [6.45, 7) is 13.3. The van der Waals surface area contributed by atoms with Crippen LogP contribution in [0, 0.1) is 6.92 Å². The summed E-state index contributed by atoms with van der Waals surface area (Å²) in [7, 11) is 0. The largest absolute Gasteiger partial charge is 0.475 e. The topological polar surface area (TPSA) is 76.1 Å². The zero-order chi connectivity index (χ0) is 16.2. The molecule has 0 fully saturated rings. The van der Waals surface area contributed by atoms with Crippen molar-refractivity contribution in [3.8, 4) is 5.88 Å². The molecule has 1 atom stereocenters. The van der Waals surface area contributed by atoms with E-state index in [0.29, 0.717) is 11.8 Å². The first-order valence-electron chi connectivity index (χ1n) is 7.18. The lowest BCUT2D eigenvalue weighted by Crippen LogP contribution is -2.47. The Morgan fingerprint density at radius 3 is 2.38 bits per heavy atom. The first kappa shape index (κ1) is 17.2. The molecule has 0 saturated heterocycles. The predicted octanol–water partition coefficient (Wildman–Crippen LogP) is 2.29. The lowest BCUT2D eigenvalue weighted by atomic mass is 10.1. The van der Waals surface area contributed by atoms with Crippen LogP contribution in [0.1, 0.15) is 47.2 Å². The van der Waals surface area contributed by atoms with Gasteiger partial charge in [-0.2, -0.15) is 4.98 Å². The zero-order valence-corrected chi connectivity index (χ0v) is 13.9. The van der Waals surface area contributed by atoms with Gasteiger partial charge in [0.15, 0.2) is 0 Å². The summed E-state index contributed by atoms with van der Waals surface area (Å²) >= 11 is 0. The van der Waals surface area contributed by atoms with Crippen molar-refractivity contribution in [2.45, 2.75) is 66.2 Å². The van der Waals surface area contributed by atoms with Gasteiger partial charge in [-0.1, -0.05) is 0 Å². The molecule has 0 aliphatic rings. The fourth-order valence-corrected chi connectivity index (χ4v) is 1.64. The van der Waals surface area contributed by atoms with Crippen molar-refractivity contribution in [3.05, 3.63) is 11.8 Å². The number of nitrogens with zero attached hydrogens (tertiary/aromatic N) is 2. The first-order valence-corrected chi connectivity index (χ1v) is 7.18. The number of carbonyl (C=O) groups excluding carboxylic acids is 1. The Morgan fingerprint density at radius 1 is 1.24 bits per heavy atom. The molecule has 0 bridgehead atoms. The van der Waals surface area contributed by atoms with Gasteiger partial charge in [0, 0.05) is 17.3 Å². The molecule has 1 aromatic rings. The number of ether oxygens (including phenoxy) is 1. The first-order chi connectivity index (χ1) is 9.56. The Hall–Kier alpha value is -1.85. The van der Waals surface area contributed by atoms with Crippen molar-refractivity contribution >= 4 is 11.9 Å². The number of carbonyl (C=O) groups is 1. The SMILES string of the molecule is Cc1cc(OC(C)C)nc(NC(C)C(=O)NC(C)(C)C)n1. The fraction of sp³-hybridized carbons (Fsp3) is 0.667. The van der Waals surface area contributed by atoms with Crippen LogP contribution < -0.4 is 15.4 Å². The van der Waals surface area contributed by atoms with Gasteiger partial charge in [-0.15, -0.1) is 0 Å². The van der Waals surface area contributed by atoms with Crippen molar-refractivity contribution in [3.63, 3.8) is 0 Å². The molecule has 0 saturated carbocycles. The van der Waals surface area contributed by atoms with Crippen molar-refractivity contribution in [1.29, 1.82) is 0 Å². The van der Waals surface area contributed by atoms with Gasteiger partial charge < -0.3 is 15.4 Å². The van der Waals surface area contributed by atoms with Gasteiger partial charge in [0.1, 0.15) is 6.04 Å². The van der Waals surface area contributed by atoms with Crippen molar-refractivity contribution in [2.24, 2.45) is 0 Å². The highest BCUT2D eigenvalue weighted by atomic mass is 16.5. The van der Waals surface area contributed by atoms with E-state index < -0.39 is 6.04 Å². The van der Waals surface area contributed by atoms with E-state index in [2.05, 4.69) is 20.6 Å². The van der Waals surface area contributed by atoms with Crippen LogP contribution >= 0.6 is 0 Å². The second kappa shape index (κ2) is 6.74. The molecule has 0 aromatic carbocycles. The van der Waals surface area contributed by atoms with Gasteiger partial charge in [-0.25, -0.2) is 4.98 Å². The van der Waals surface area contributed by atoms with Crippen LogP contribution in [-0.4, -0.2) is 33.6 Å². The van der Waals surface area contributed by atoms with Crippen LogP contribution in [0.5, 0.6) is 5.88 Å². The van der Waals surface area contributed by atoms with Crippen LogP contribution in [0.25, 0.3) is 0 Å². The smallest absolute Gasteiger partial charge is 0.242 e. The minimum atomic E-state index is -0.432.